The molecule has 0 bridgehead atoms. The number of sulfonamides is 1. The first kappa shape index (κ1) is 15.9. The molecule has 0 N–H and O–H groups in total. The van der Waals surface area contributed by atoms with Crippen molar-refractivity contribution in [1.29, 1.82) is 0 Å². The summed E-state index contributed by atoms with van der Waals surface area (Å²) in [5.41, 5.74) is 0.592. The van der Waals surface area contributed by atoms with Crippen LogP contribution in [0.4, 0.5) is 0 Å². The van der Waals surface area contributed by atoms with E-state index in [0.29, 0.717) is 29.5 Å². The van der Waals surface area contributed by atoms with Gasteiger partial charge in [0.1, 0.15) is 16.4 Å². The highest BCUT2D eigenvalue weighted by Crippen LogP contribution is 2.34. The van der Waals surface area contributed by atoms with Gasteiger partial charge in [-0.1, -0.05) is 6.92 Å². The van der Waals surface area contributed by atoms with Crippen LogP contribution in [0.25, 0.3) is 0 Å². The Kier molecular flexibility index (Phi) is 4.52. The second-order valence-corrected chi connectivity index (χ2v) is 7.86. The number of nitrogens with zero attached hydrogens (tertiary/aromatic N) is 1. The SMILES string of the molecule is Cc1oc(C)c(S(=O)(=O)N2CC(C)CCC2C)c1CCl. The van der Waals surface area contributed by atoms with Crippen LogP contribution in [0.5, 0.6) is 0 Å². The fourth-order valence-corrected chi connectivity index (χ4v) is 5.50. The third-order valence-electron chi connectivity index (χ3n) is 4.09. The second kappa shape index (κ2) is 5.70. The zero-order chi connectivity index (χ0) is 15.1. The van der Waals surface area contributed by atoms with Crippen molar-refractivity contribution in [3.8, 4) is 0 Å². The van der Waals surface area contributed by atoms with E-state index in [2.05, 4.69) is 6.92 Å². The minimum atomic E-state index is -3.54. The number of halogens is 1. The maximum absolute atomic E-state index is 13.0. The Bertz CT molecular complexity index is 594. The summed E-state index contributed by atoms with van der Waals surface area (Å²) in [6.07, 6.45) is 1.96. The highest BCUT2D eigenvalue weighted by Gasteiger charge is 2.37. The van der Waals surface area contributed by atoms with Crippen molar-refractivity contribution in [1.82, 2.24) is 4.31 Å². The summed E-state index contributed by atoms with van der Waals surface area (Å²) >= 11 is 5.92. The fraction of sp³-hybridized carbons (Fsp3) is 0.714. The molecule has 1 aliphatic rings. The maximum atomic E-state index is 13.0. The molecule has 1 fully saturated rings. The van der Waals surface area contributed by atoms with Crippen LogP contribution < -0.4 is 0 Å². The molecule has 0 aliphatic carbocycles. The van der Waals surface area contributed by atoms with E-state index < -0.39 is 10.0 Å². The van der Waals surface area contributed by atoms with E-state index in [1.807, 2.05) is 6.92 Å². The molecule has 1 aromatic heterocycles. The Morgan fingerprint density at radius 3 is 2.50 bits per heavy atom. The highest BCUT2D eigenvalue weighted by molar-refractivity contribution is 7.89. The van der Waals surface area contributed by atoms with Crippen LogP contribution in [0.1, 0.15) is 43.8 Å². The lowest BCUT2D eigenvalue weighted by atomic mass is 9.97. The number of hydrogen-bond acceptors (Lipinski definition) is 3. The van der Waals surface area contributed by atoms with E-state index in [4.69, 9.17) is 16.0 Å². The van der Waals surface area contributed by atoms with Crippen molar-refractivity contribution < 1.29 is 12.8 Å². The summed E-state index contributed by atoms with van der Waals surface area (Å²) in [6.45, 7) is 8.06. The molecule has 0 radical (unpaired) electrons. The third-order valence-corrected chi connectivity index (χ3v) is 6.53. The fourth-order valence-electron chi connectivity index (χ4n) is 2.90. The van der Waals surface area contributed by atoms with Gasteiger partial charge >= 0.3 is 0 Å². The molecule has 4 nitrogen and oxygen atoms in total. The molecule has 0 saturated carbocycles. The first-order chi connectivity index (χ1) is 9.28. The first-order valence-electron chi connectivity index (χ1n) is 6.95. The molecule has 20 heavy (non-hydrogen) atoms. The molecule has 114 valence electrons. The summed E-state index contributed by atoms with van der Waals surface area (Å²) in [5, 5.41) is 0. The molecule has 1 saturated heterocycles. The third kappa shape index (κ3) is 2.63. The smallest absolute Gasteiger partial charge is 0.247 e. The Morgan fingerprint density at radius 1 is 1.25 bits per heavy atom. The molecule has 1 aliphatic heterocycles. The van der Waals surface area contributed by atoms with Crippen molar-refractivity contribution in [3.63, 3.8) is 0 Å². The normalized spacial score (nSPS) is 25.1. The van der Waals surface area contributed by atoms with Crippen molar-refractivity contribution in [3.05, 3.63) is 17.1 Å². The van der Waals surface area contributed by atoms with Crippen LogP contribution in [0.15, 0.2) is 9.31 Å². The monoisotopic (exact) mass is 319 g/mol. The lowest BCUT2D eigenvalue weighted by molar-refractivity contribution is 0.217. The van der Waals surface area contributed by atoms with Crippen LogP contribution in [0.2, 0.25) is 0 Å². The predicted molar refractivity (Wildman–Crippen MR) is 79.5 cm³/mol. The van der Waals surface area contributed by atoms with Gasteiger partial charge in [-0.15, -0.1) is 11.6 Å². The van der Waals surface area contributed by atoms with Gasteiger partial charge in [-0.3, -0.25) is 0 Å². The van der Waals surface area contributed by atoms with E-state index >= 15 is 0 Å². The second-order valence-electron chi connectivity index (χ2n) is 5.76. The average molecular weight is 320 g/mol. The van der Waals surface area contributed by atoms with Crippen LogP contribution >= 0.6 is 11.6 Å². The Balaban J connectivity index is 2.50. The molecule has 0 aromatic carbocycles. The lowest BCUT2D eigenvalue weighted by Gasteiger charge is -2.35. The van der Waals surface area contributed by atoms with Gasteiger partial charge in [0.25, 0.3) is 0 Å². The van der Waals surface area contributed by atoms with E-state index in [1.54, 1.807) is 18.2 Å². The minimum Gasteiger partial charge on any atom is -0.465 e. The largest absolute Gasteiger partial charge is 0.465 e. The molecule has 6 heteroatoms. The van der Waals surface area contributed by atoms with Crippen LogP contribution in [-0.4, -0.2) is 25.3 Å². The zero-order valence-corrected chi connectivity index (χ0v) is 14.0. The average Bonchev–Trinajstić information content (AvgIpc) is 2.66. The summed E-state index contributed by atoms with van der Waals surface area (Å²) in [5.74, 6) is 1.56. The van der Waals surface area contributed by atoms with Gasteiger partial charge in [-0.05, 0) is 39.5 Å². The van der Waals surface area contributed by atoms with Gasteiger partial charge in [0.2, 0.25) is 10.0 Å². The molecular formula is C14H22ClNO3S. The Hall–Kier alpha value is -0.520. The van der Waals surface area contributed by atoms with Gasteiger partial charge < -0.3 is 4.42 Å². The molecule has 2 rings (SSSR count). The predicted octanol–water partition coefficient (Wildman–Crippen LogP) is 3.44. The molecule has 0 amide bonds. The summed E-state index contributed by atoms with van der Waals surface area (Å²) in [4.78, 5) is 0.269. The van der Waals surface area contributed by atoms with Crippen molar-refractivity contribution in [2.75, 3.05) is 6.54 Å². The molecule has 2 unspecified atom stereocenters. The molecule has 1 aromatic rings. The van der Waals surface area contributed by atoms with E-state index in [-0.39, 0.29) is 16.8 Å². The minimum absolute atomic E-state index is 0.0222. The van der Waals surface area contributed by atoms with Gasteiger partial charge in [-0.2, -0.15) is 4.31 Å². The van der Waals surface area contributed by atoms with Crippen molar-refractivity contribution >= 4 is 21.6 Å². The van der Waals surface area contributed by atoms with Crippen LogP contribution in [-0.2, 0) is 15.9 Å². The summed E-state index contributed by atoms with van der Waals surface area (Å²) in [7, 11) is -3.54. The molecular weight excluding hydrogens is 298 g/mol. The van der Waals surface area contributed by atoms with E-state index in [1.165, 1.54) is 0 Å². The van der Waals surface area contributed by atoms with Crippen molar-refractivity contribution in [2.24, 2.45) is 5.92 Å². The van der Waals surface area contributed by atoms with Gasteiger partial charge in [0.15, 0.2) is 0 Å². The van der Waals surface area contributed by atoms with Crippen LogP contribution in [0, 0.1) is 19.8 Å². The first-order valence-corrected chi connectivity index (χ1v) is 8.93. The summed E-state index contributed by atoms with van der Waals surface area (Å²) < 4.78 is 33.0. The Labute approximate surface area is 126 Å². The molecule has 0 spiro atoms. The lowest BCUT2D eigenvalue weighted by Crippen LogP contribution is -2.45. The standard InChI is InChI=1S/C14H22ClNO3S/c1-9-5-6-10(2)16(8-9)20(17,18)14-12(4)19-11(3)13(14)7-15/h9-10H,5-8H2,1-4H3. The van der Waals surface area contributed by atoms with Gasteiger partial charge in [0.05, 0.1) is 5.88 Å². The van der Waals surface area contributed by atoms with E-state index in [0.717, 1.165) is 12.8 Å². The highest BCUT2D eigenvalue weighted by atomic mass is 35.5. The summed E-state index contributed by atoms with van der Waals surface area (Å²) in [6, 6.07) is 0.0222. The quantitative estimate of drug-likeness (QED) is 0.802. The number of piperidine rings is 1. The maximum Gasteiger partial charge on any atom is 0.247 e. The number of aryl methyl sites for hydroxylation is 2. The number of alkyl halides is 1. The van der Waals surface area contributed by atoms with Crippen LogP contribution in [0.3, 0.4) is 0 Å². The number of hydrogen-bond donors (Lipinski definition) is 0. The van der Waals surface area contributed by atoms with Crippen molar-refractivity contribution in [2.45, 2.75) is 57.4 Å². The number of rotatable bonds is 3. The Morgan fingerprint density at radius 2 is 1.90 bits per heavy atom. The van der Waals surface area contributed by atoms with E-state index in [9.17, 15) is 8.42 Å². The topological polar surface area (TPSA) is 50.5 Å². The number of furan rings is 1. The molecule has 2 heterocycles. The zero-order valence-electron chi connectivity index (χ0n) is 12.4. The van der Waals surface area contributed by atoms with Gasteiger partial charge in [-0.25, -0.2) is 8.42 Å². The van der Waals surface area contributed by atoms with Gasteiger partial charge in [0, 0.05) is 18.2 Å². The molecule has 2 atom stereocenters.